The van der Waals surface area contributed by atoms with Crippen LogP contribution in [0.3, 0.4) is 0 Å². The van der Waals surface area contributed by atoms with Crippen LogP contribution in [-0.4, -0.2) is 32.7 Å². The van der Waals surface area contributed by atoms with Crippen molar-refractivity contribution in [2.75, 3.05) is 0 Å². The summed E-state index contributed by atoms with van der Waals surface area (Å²) in [6.45, 7) is 1.91. The Kier molecular flexibility index (Phi) is 4.56. The number of fused-ring (bicyclic) bond motifs is 1. The van der Waals surface area contributed by atoms with Crippen LogP contribution in [-0.2, 0) is 11.3 Å². The zero-order valence-corrected chi connectivity index (χ0v) is 13.5. The SMILES string of the molecule is Cc1nc2ccccc2n1CC(=O)N/N=C\c1ccccc1C(=O)O. The van der Waals surface area contributed by atoms with Crippen LogP contribution >= 0.6 is 0 Å². The van der Waals surface area contributed by atoms with E-state index >= 15 is 0 Å². The van der Waals surface area contributed by atoms with Crippen molar-refractivity contribution in [3.05, 3.63) is 65.5 Å². The first-order valence-electron chi connectivity index (χ1n) is 7.62. The zero-order chi connectivity index (χ0) is 17.8. The molecule has 25 heavy (non-hydrogen) atoms. The van der Waals surface area contributed by atoms with Crippen LogP contribution in [0.4, 0.5) is 0 Å². The minimum atomic E-state index is -1.05. The Labute approximate surface area is 143 Å². The third kappa shape index (κ3) is 3.55. The Balaban J connectivity index is 1.71. The first-order valence-corrected chi connectivity index (χ1v) is 7.62. The van der Waals surface area contributed by atoms with Crippen molar-refractivity contribution in [1.82, 2.24) is 15.0 Å². The summed E-state index contributed by atoms with van der Waals surface area (Å²) in [7, 11) is 0. The van der Waals surface area contributed by atoms with Gasteiger partial charge >= 0.3 is 5.97 Å². The largest absolute Gasteiger partial charge is 0.478 e. The van der Waals surface area contributed by atoms with Crippen molar-refractivity contribution in [2.24, 2.45) is 5.10 Å². The second kappa shape index (κ2) is 6.96. The molecule has 1 amide bonds. The molecule has 3 aromatic rings. The number of rotatable bonds is 5. The molecule has 0 saturated carbocycles. The second-order valence-electron chi connectivity index (χ2n) is 5.42. The summed E-state index contributed by atoms with van der Waals surface area (Å²) in [5.74, 6) is -0.638. The van der Waals surface area contributed by atoms with E-state index in [2.05, 4.69) is 15.5 Å². The van der Waals surface area contributed by atoms with Crippen molar-refractivity contribution in [1.29, 1.82) is 0 Å². The Morgan fingerprint density at radius 3 is 2.72 bits per heavy atom. The number of carboxylic acid groups (broad SMARTS) is 1. The van der Waals surface area contributed by atoms with Gasteiger partial charge in [0.05, 0.1) is 22.8 Å². The van der Waals surface area contributed by atoms with Crippen LogP contribution < -0.4 is 5.43 Å². The molecule has 3 rings (SSSR count). The van der Waals surface area contributed by atoms with E-state index in [0.717, 1.165) is 16.9 Å². The fraction of sp³-hybridized carbons (Fsp3) is 0.111. The highest BCUT2D eigenvalue weighted by Gasteiger charge is 2.10. The normalized spacial score (nSPS) is 11.1. The number of para-hydroxylation sites is 2. The Bertz CT molecular complexity index is 975. The van der Waals surface area contributed by atoms with E-state index in [1.165, 1.54) is 12.3 Å². The van der Waals surface area contributed by atoms with Crippen LogP contribution in [0.5, 0.6) is 0 Å². The first-order chi connectivity index (χ1) is 12.1. The van der Waals surface area contributed by atoms with Crippen molar-refractivity contribution in [3.8, 4) is 0 Å². The number of carbonyl (C=O) groups excluding carboxylic acids is 1. The summed E-state index contributed by atoms with van der Waals surface area (Å²) in [5.41, 5.74) is 4.65. The number of imidazole rings is 1. The van der Waals surface area contributed by atoms with Gasteiger partial charge in [-0.05, 0) is 25.1 Å². The number of carboxylic acids is 1. The maximum Gasteiger partial charge on any atom is 0.336 e. The van der Waals surface area contributed by atoms with Gasteiger partial charge in [0.15, 0.2) is 0 Å². The predicted molar refractivity (Wildman–Crippen MR) is 93.6 cm³/mol. The topological polar surface area (TPSA) is 96.6 Å². The highest BCUT2D eigenvalue weighted by Crippen LogP contribution is 2.15. The molecule has 0 atom stereocenters. The van der Waals surface area contributed by atoms with Gasteiger partial charge in [-0.15, -0.1) is 0 Å². The number of benzene rings is 2. The number of hydrazone groups is 1. The maximum atomic E-state index is 12.1. The first kappa shape index (κ1) is 16.4. The molecule has 2 N–H and O–H groups in total. The zero-order valence-electron chi connectivity index (χ0n) is 13.5. The molecule has 7 heteroatoms. The number of nitrogens with zero attached hydrogens (tertiary/aromatic N) is 3. The lowest BCUT2D eigenvalue weighted by atomic mass is 10.1. The summed E-state index contributed by atoms with van der Waals surface area (Å²) in [6.07, 6.45) is 1.32. The van der Waals surface area contributed by atoms with E-state index < -0.39 is 5.97 Å². The van der Waals surface area contributed by atoms with Crippen LogP contribution in [0.15, 0.2) is 53.6 Å². The van der Waals surface area contributed by atoms with Crippen LogP contribution in [0.1, 0.15) is 21.7 Å². The molecular weight excluding hydrogens is 320 g/mol. The third-order valence-corrected chi connectivity index (χ3v) is 3.73. The Morgan fingerprint density at radius 2 is 1.92 bits per heavy atom. The molecule has 0 bridgehead atoms. The average molecular weight is 336 g/mol. The monoisotopic (exact) mass is 336 g/mol. The van der Waals surface area contributed by atoms with E-state index in [1.807, 2.05) is 31.2 Å². The molecule has 1 heterocycles. The number of aromatic carboxylic acids is 1. The summed E-state index contributed by atoms with van der Waals surface area (Å²) in [4.78, 5) is 27.7. The fourth-order valence-electron chi connectivity index (χ4n) is 2.55. The Morgan fingerprint density at radius 1 is 1.20 bits per heavy atom. The van der Waals surface area contributed by atoms with E-state index in [9.17, 15) is 9.59 Å². The quantitative estimate of drug-likeness (QED) is 0.551. The minimum absolute atomic E-state index is 0.0737. The lowest BCUT2D eigenvalue weighted by molar-refractivity contribution is -0.121. The van der Waals surface area contributed by atoms with E-state index in [4.69, 9.17) is 5.11 Å². The number of nitrogens with one attached hydrogen (secondary N) is 1. The van der Waals surface area contributed by atoms with Crippen molar-refractivity contribution >= 4 is 29.1 Å². The maximum absolute atomic E-state index is 12.1. The van der Waals surface area contributed by atoms with Gasteiger partial charge in [-0.25, -0.2) is 15.2 Å². The Hall–Kier alpha value is -3.48. The predicted octanol–water partition coefficient (Wildman–Crippen LogP) is 2.19. The number of hydrogen-bond acceptors (Lipinski definition) is 4. The lowest BCUT2D eigenvalue weighted by Crippen LogP contribution is -2.23. The van der Waals surface area contributed by atoms with Gasteiger partial charge in [-0.3, -0.25) is 4.79 Å². The van der Waals surface area contributed by atoms with E-state index in [1.54, 1.807) is 22.8 Å². The lowest BCUT2D eigenvalue weighted by Gasteiger charge is -2.05. The van der Waals surface area contributed by atoms with Gasteiger partial charge in [0.25, 0.3) is 5.91 Å². The van der Waals surface area contributed by atoms with Gasteiger partial charge < -0.3 is 9.67 Å². The number of aryl methyl sites for hydroxylation is 1. The molecule has 2 aromatic carbocycles. The van der Waals surface area contributed by atoms with Crippen molar-refractivity contribution < 1.29 is 14.7 Å². The standard InChI is InChI=1S/C18H16N4O3/c1-12-20-15-8-4-5-9-16(15)22(12)11-17(23)21-19-10-13-6-2-3-7-14(13)18(24)25/h2-10H,11H2,1H3,(H,21,23)(H,24,25)/b19-10-. The van der Waals surface area contributed by atoms with E-state index in [-0.39, 0.29) is 18.0 Å². The number of carbonyl (C=O) groups is 2. The summed E-state index contributed by atoms with van der Waals surface area (Å²) < 4.78 is 1.80. The summed E-state index contributed by atoms with van der Waals surface area (Å²) in [6, 6.07) is 14.0. The molecule has 0 radical (unpaired) electrons. The molecular formula is C18H16N4O3. The highest BCUT2D eigenvalue weighted by molar-refractivity contribution is 5.98. The number of aromatic nitrogens is 2. The molecule has 0 unspecified atom stereocenters. The van der Waals surface area contributed by atoms with Gasteiger partial charge in [0.1, 0.15) is 12.4 Å². The smallest absolute Gasteiger partial charge is 0.336 e. The van der Waals surface area contributed by atoms with E-state index in [0.29, 0.717) is 5.56 Å². The summed E-state index contributed by atoms with van der Waals surface area (Å²) >= 11 is 0. The summed E-state index contributed by atoms with van der Waals surface area (Å²) in [5, 5.41) is 13.0. The molecule has 0 saturated heterocycles. The molecule has 126 valence electrons. The minimum Gasteiger partial charge on any atom is -0.478 e. The van der Waals surface area contributed by atoms with Gasteiger partial charge in [0, 0.05) is 5.56 Å². The van der Waals surface area contributed by atoms with Crippen LogP contribution in [0.25, 0.3) is 11.0 Å². The second-order valence-corrected chi connectivity index (χ2v) is 5.42. The van der Waals surface area contributed by atoms with Gasteiger partial charge in [-0.1, -0.05) is 30.3 Å². The molecule has 1 aromatic heterocycles. The molecule has 0 aliphatic rings. The van der Waals surface area contributed by atoms with Crippen molar-refractivity contribution in [3.63, 3.8) is 0 Å². The third-order valence-electron chi connectivity index (χ3n) is 3.73. The van der Waals surface area contributed by atoms with Crippen molar-refractivity contribution in [2.45, 2.75) is 13.5 Å². The molecule has 7 nitrogen and oxygen atoms in total. The molecule has 0 aliphatic heterocycles. The number of amides is 1. The van der Waals surface area contributed by atoms with Crippen LogP contribution in [0, 0.1) is 6.92 Å². The molecule has 0 spiro atoms. The van der Waals surface area contributed by atoms with Crippen LogP contribution in [0.2, 0.25) is 0 Å². The fourth-order valence-corrected chi connectivity index (χ4v) is 2.55. The average Bonchev–Trinajstić information content (AvgIpc) is 2.91. The molecule has 0 fully saturated rings. The molecule has 0 aliphatic carbocycles. The highest BCUT2D eigenvalue weighted by atomic mass is 16.4. The van der Waals surface area contributed by atoms with Gasteiger partial charge in [-0.2, -0.15) is 5.10 Å². The van der Waals surface area contributed by atoms with Gasteiger partial charge in [0.2, 0.25) is 0 Å². The number of hydrogen-bond donors (Lipinski definition) is 2.